The van der Waals surface area contributed by atoms with Gasteiger partial charge in [0, 0.05) is 24.2 Å². The largest absolute Gasteiger partial charge is 0.335 e. The molecule has 7 heteroatoms. The van der Waals surface area contributed by atoms with Crippen molar-refractivity contribution in [3.63, 3.8) is 0 Å². The third-order valence-corrected chi connectivity index (χ3v) is 7.49. The van der Waals surface area contributed by atoms with Crippen molar-refractivity contribution in [1.82, 2.24) is 25.1 Å². The van der Waals surface area contributed by atoms with Crippen LogP contribution in [0.2, 0.25) is 0 Å². The number of aromatic nitrogens is 5. The summed E-state index contributed by atoms with van der Waals surface area (Å²) in [6, 6.07) is 1.97. The Kier molecular flexibility index (Phi) is 3.50. The lowest BCUT2D eigenvalue weighted by atomic mass is 9.88. The molecule has 7 nitrogen and oxygen atoms in total. The van der Waals surface area contributed by atoms with Gasteiger partial charge in [-0.05, 0) is 49.5 Å². The zero-order chi connectivity index (χ0) is 19.8. The maximum Gasteiger partial charge on any atom is 0.229 e. The Labute approximate surface area is 169 Å². The smallest absolute Gasteiger partial charge is 0.229 e. The number of anilines is 1. The molecule has 2 saturated carbocycles. The van der Waals surface area contributed by atoms with Crippen LogP contribution in [0.1, 0.15) is 50.3 Å². The first-order valence-corrected chi connectivity index (χ1v) is 10.7. The van der Waals surface area contributed by atoms with E-state index in [9.17, 15) is 4.79 Å². The van der Waals surface area contributed by atoms with E-state index in [1.54, 1.807) is 11.1 Å². The Bertz CT molecular complexity index is 1120. The fraction of sp³-hybridized carbons (Fsp3) is 0.545. The molecule has 150 valence electrons. The zero-order valence-electron chi connectivity index (χ0n) is 17.0. The van der Waals surface area contributed by atoms with E-state index in [1.807, 2.05) is 13.1 Å². The van der Waals surface area contributed by atoms with Crippen LogP contribution >= 0.6 is 0 Å². The highest BCUT2D eigenvalue weighted by atomic mass is 16.2. The van der Waals surface area contributed by atoms with Gasteiger partial charge in [-0.15, -0.1) is 0 Å². The highest BCUT2D eigenvalue weighted by molar-refractivity contribution is 5.96. The number of hydrogen-bond acceptors (Lipinski definition) is 4. The minimum Gasteiger partial charge on any atom is -0.335 e. The van der Waals surface area contributed by atoms with Crippen molar-refractivity contribution in [3.8, 4) is 11.5 Å². The van der Waals surface area contributed by atoms with Gasteiger partial charge in [0.15, 0.2) is 11.5 Å². The van der Waals surface area contributed by atoms with Gasteiger partial charge in [-0.1, -0.05) is 19.8 Å². The Morgan fingerprint density at radius 1 is 1.31 bits per heavy atom. The molecular weight excluding hydrogens is 364 g/mol. The van der Waals surface area contributed by atoms with E-state index in [0.717, 1.165) is 67.2 Å². The number of aromatic amines is 2. The maximum atomic E-state index is 12.8. The van der Waals surface area contributed by atoms with Crippen molar-refractivity contribution in [3.05, 3.63) is 23.5 Å². The second kappa shape index (κ2) is 5.90. The van der Waals surface area contributed by atoms with Crippen LogP contribution in [0.3, 0.4) is 0 Å². The molecule has 0 radical (unpaired) electrons. The first-order valence-electron chi connectivity index (χ1n) is 10.7. The summed E-state index contributed by atoms with van der Waals surface area (Å²) in [5, 5.41) is 7.82. The highest BCUT2D eigenvalue weighted by Crippen LogP contribution is 2.59. The van der Waals surface area contributed by atoms with Crippen molar-refractivity contribution in [2.24, 2.45) is 17.3 Å². The Morgan fingerprint density at radius 3 is 2.97 bits per heavy atom. The molecule has 3 aromatic heterocycles. The van der Waals surface area contributed by atoms with E-state index in [1.165, 1.54) is 17.7 Å². The van der Waals surface area contributed by atoms with Gasteiger partial charge in [0.25, 0.3) is 0 Å². The summed E-state index contributed by atoms with van der Waals surface area (Å²) in [4.78, 5) is 27.1. The molecule has 3 aliphatic rings. The number of imidazole rings is 1. The molecule has 3 aliphatic carbocycles. The number of carbonyl (C=O) groups excluding carboxylic acids is 1. The molecule has 0 aliphatic heterocycles. The third-order valence-electron chi connectivity index (χ3n) is 7.49. The molecule has 6 rings (SSSR count). The normalized spacial score (nSPS) is 25.8. The van der Waals surface area contributed by atoms with E-state index >= 15 is 0 Å². The van der Waals surface area contributed by atoms with Gasteiger partial charge in [0.05, 0.1) is 17.4 Å². The maximum absolute atomic E-state index is 12.8. The first kappa shape index (κ1) is 17.2. The van der Waals surface area contributed by atoms with Gasteiger partial charge < -0.3 is 9.88 Å². The monoisotopic (exact) mass is 390 g/mol. The van der Waals surface area contributed by atoms with E-state index in [-0.39, 0.29) is 11.8 Å². The topological polar surface area (TPSA) is 90.6 Å². The van der Waals surface area contributed by atoms with Gasteiger partial charge in [0.2, 0.25) is 5.91 Å². The summed E-state index contributed by atoms with van der Waals surface area (Å²) in [5.74, 6) is 1.88. The summed E-state index contributed by atoms with van der Waals surface area (Å²) < 4.78 is 0. The van der Waals surface area contributed by atoms with Crippen LogP contribution in [0.15, 0.2) is 12.3 Å². The van der Waals surface area contributed by atoms with Crippen LogP contribution in [0, 0.1) is 17.3 Å². The second-order valence-corrected chi connectivity index (χ2v) is 9.49. The van der Waals surface area contributed by atoms with Crippen molar-refractivity contribution >= 4 is 22.8 Å². The van der Waals surface area contributed by atoms with Crippen molar-refractivity contribution < 1.29 is 4.79 Å². The minimum absolute atomic E-state index is 0.150. The SMILES string of the molecule is CN(C(=O)C1CCCC1)c1cnc2nc(-c3n[nH]c4c3CC3C[C@]3(C)C4)[nH]c2c1. The lowest BCUT2D eigenvalue weighted by Gasteiger charge is -2.20. The average Bonchev–Trinajstić information content (AvgIpc) is 3.19. The number of nitrogens with zero attached hydrogens (tertiary/aromatic N) is 4. The molecule has 0 aromatic carbocycles. The summed E-state index contributed by atoms with van der Waals surface area (Å²) in [6.07, 6.45) is 9.51. The number of carbonyl (C=O) groups is 1. The molecule has 2 atom stereocenters. The molecule has 0 bridgehead atoms. The van der Waals surface area contributed by atoms with Crippen LogP contribution < -0.4 is 4.90 Å². The molecule has 1 unspecified atom stereocenters. The molecule has 2 N–H and O–H groups in total. The fourth-order valence-electron chi connectivity index (χ4n) is 5.41. The third kappa shape index (κ3) is 2.63. The number of amides is 1. The first-order chi connectivity index (χ1) is 14.0. The molecular formula is C22H26N6O. The van der Waals surface area contributed by atoms with Crippen molar-refractivity contribution in [1.29, 1.82) is 0 Å². The summed E-state index contributed by atoms with van der Waals surface area (Å²) in [7, 11) is 1.84. The fourth-order valence-corrected chi connectivity index (χ4v) is 5.41. The number of H-pyrrole nitrogens is 2. The van der Waals surface area contributed by atoms with E-state index in [2.05, 4.69) is 32.1 Å². The predicted molar refractivity (Wildman–Crippen MR) is 110 cm³/mol. The lowest BCUT2D eigenvalue weighted by molar-refractivity contribution is -0.121. The number of nitrogens with one attached hydrogen (secondary N) is 2. The molecule has 0 spiro atoms. The van der Waals surface area contributed by atoms with Crippen LogP contribution in [0.4, 0.5) is 5.69 Å². The Balaban J connectivity index is 1.31. The number of rotatable bonds is 3. The number of fused-ring (bicyclic) bond motifs is 3. The Morgan fingerprint density at radius 2 is 2.14 bits per heavy atom. The quantitative estimate of drug-likeness (QED) is 0.714. The summed E-state index contributed by atoms with van der Waals surface area (Å²) in [6.45, 7) is 2.37. The summed E-state index contributed by atoms with van der Waals surface area (Å²) in [5.41, 5.74) is 6.26. The van der Waals surface area contributed by atoms with Crippen molar-refractivity contribution in [2.45, 2.75) is 51.9 Å². The standard InChI is InChI=1S/C22H26N6O/c1-22-9-13(22)7-15-17(10-22)26-27-18(15)20-24-16-8-14(11-23-19(16)25-20)28(2)21(29)12-5-3-4-6-12/h8,11-13H,3-7,9-10H2,1-2H3,(H,26,27)(H,23,24,25)/t13?,22-/m1/s1. The van der Waals surface area contributed by atoms with E-state index in [4.69, 9.17) is 0 Å². The zero-order valence-corrected chi connectivity index (χ0v) is 17.0. The minimum atomic E-state index is 0.150. The molecule has 2 fully saturated rings. The second-order valence-electron chi connectivity index (χ2n) is 9.49. The molecule has 0 saturated heterocycles. The van der Waals surface area contributed by atoms with Crippen LogP contribution in [0.5, 0.6) is 0 Å². The predicted octanol–water partition coefficient (Wildman–Crippen LogP) is 3.63. The van der Waals surface area contributed by atoms with E-state index in [0.29, 0.717) is 11.1 Å². The number of pyridine rings is 1. The van der Waals surface area contributed by atoms with Crippen molar-refractivity contribution in [2.75, 3.05) is 11.9 Å². The van der Waals surface area contributed by atoms with Gasteiger partial charge in [-0.25, -0.2) is 9.97 Å². The van der Waals surface area contributed by atoms with E-state index < -0.39 is 0 Å². The van der Waals surface area contributed by atoms with Crippen LogP contribution in [0.25, 0.3) is 22.7 Å². The highest BCUT2D eigenvalue weighted by Gasteiger charge is 2.53. The number of hydrogen-bond donors (Lipinski definition) is 2. The molecule has 3 heterocycles. The van der Waals surface area contributed by atoms with Crippen LogP contribution in [-0.4, -0.2) is 38.1 Å². The van der Waals surface area contributed by atoms with Gasteiger partial charge >= 0.3 is 0 Å². The molecule has 3 aromatic rings. The summed E-state index contributed by atoms with van der Waals surface area (Å²) >= 11 is 0. The van der Waals surface area contributed by atoms with Gasteiger partial charge in [-0.2, -0.15) is 5.10 Å². The Hall–Kier alpha value is -2.70. The van der Waals surface area contributed by atoms with Gasteiger partial charge in [-0.3, -0.25) is 9.89 Å². The van der Waals surface area contributed by atoms with Gasteiger partial charge in [0.1, 0.15) is 5.69 Å². The average molecular weight is 390 g/mol. The van der Waals surface area contributed by atoms with Crippen LogP contribution in [-0.2, 0) is 17.6 Å². The lowest BCUT2D eigenvalue weighted by Crippen LogP contribution is -2.31. The molecule has 29 heavy (non-hydrogen) atoms. The molecule has 1 amide bonds.